The smallest absolute Gasteiger partial charge is 0.306 e. The van der Waals surface area contributed by atoms with Crippen LogP contribution in [0.3, 0.4) is 0 Å². The first kappa shape index (κ1) is 14.9. The summed E-state index contributed by atoms with van der Waals surface area (Å²) in [6.45, 7) is 0. The summed E-state index contributed by atoms with van der Waals surface area (Å²) in [5.74, 6) is 0. The van der Waals surface area contributed by atoms with Gasteiger partial charge in [-0.05, 0) is 24.3 Å². The van der Waals surface area contributed by atoms with E-state index in [1.54, 1.807) is 25.4 Å². The van der Waals surface area contributed by atoms with Crippen LogP contribution in [0.5, 0.6) is 0 Å². The molecule has 130 valence electrons. The van der Waals surface area contributed by atoms with Gasteiger partial charge in [0.2, 0.25) is 5.65 Å². The Balaban J connectivity index is 2.08. The summed E-state index contributed by atoms with van der Waals surface area (Å²) in [7, 11) is 1.59. The summed E-state index contributed by atoms with van der Waals surface area (Å²) in [6, 6.07) is 5.52. The van der Waals surface area contributed by atoms with Crippen LogP contribution in [-0.4, -0.2) is 29.1 Å². The molecule has 26 heavy (non-hydrogen) atoms. The molecular weight excluding hydrogens is 349 g/mol. The normalized spacial score (nSPS) is 12.8. The number of hydrogen-bond acceptors (Lipinski definition) is 4. The Labute approximate surface area is 141 Å². The average molecular weight is 358 g/mol. The number of benzene rings is 1. The van der Waals surface area contributed by atoms with Crippen LogP contribution in [-0.2, 0) is 13.2 Å². The van der Waals surface area contributed by atoms with E-state index >= 15 is 0 Å². The van der Waals surface area contributed by atoms with Crippen molar-refractivity contribution in [1.82, 2.24) is 29.1 Å². The number of rotatable bonds is 0. The van der Waals surface area contributed by atoms with E-state index in [1.165, 1.54) is 15.0 Å². The lowest BCUT2D eigenvalue weighted by Gasteiger charge is -2.09. The largest absolute Gasteiger partial charge is 0.433 e. The van der Waals surface area contributed by atoms with E-state index in [1.807, 2.05) is 0 Å². The van der Waals surface area contributed by atoms with Crippen molar-refractivity contribution in [2.24, 2.45) is 7.05 Å². The van der Waals surface area contributed by atoms with E-state index in [-0.39, 0.29) is 16.8 Å². The van der Waals surface area contributed by atoms with Crippen LogP contribution in [0.2, 0.25) is 0 Å². The number of aromatic nitrogens is 6. The van der Waals surface area contributed by atoms with Gasteiger partial charge in [0, 0.05) is 12.4 Å². The molecule has 0 radical (unpaired) electrons. The Morgan fingerprint density at radius 3 is 2.65 bits per heavy atom. The molecule has 0 saturated heterocycles. The van der Waals surface area contributed by atoms with Gasteiger partial charge in [-0.25, -0.2) is 9.97 Å². The second kappa shape index (κ2) is 4.59. The number of imidazole rings is 1. The zero-order chi connectivity index (χ0) is 18.2. The summed E-state index contributed by atoms with van der Waals surface area (Å²) >= 11 is 0. The fourth-order valence-electron chi connectivity index (χ4n) is 3.26. The van der Waals surface area contributed by atoms with Crippen LogP contribution in [0.1, 0.15) is 5.69 Å². The third kappa shape index (κ3) is 1.78. The molecule has 7 nitrogen and oxygen atoms in total. The lowest BCUT2D eigenvalue weighted by molar-refractivity contribution is -0.141. The standard InChI is InChI=1S/C16H9F3N6O/c1-24-12-7-6-20-23-8(7)2-4-10(12)25-13-9(21-14(25)15(24)26)3-5-11(22-13)16(17,18)19/h2-6H,1H3,(H,20,23). The van der Waals surface area contributed by atoms with Crippen LogP contribution in [0.15, 0.2) is 35.3 Å². The summed E-state index contributed by atoms with van der Waals surface area (Å²) in [5, 5.41) is 7.46. The number of aromatic amines is 1. The Morgan fingerprint density at radius 2 is 1.88 bits per heavy atom. The van der Waals surface area contributed by atoms with Crippen LogP contribution < -0.4 is 5.56 Å². The molecule has 1 aromatic carbocycles. The SMILES string of the molecule is Cn1c(=O)c2nc3ccc(C(F)(F)F)nc3n2c2ccc3[nH]ncc3c21. The van der Waals surface area contributed by atoms with E-state index in [0.717, 1.165) is 6.07 Å². The molecule has 0 saturated carbocycles. The average Bonchev–Trinajstić information content (AvgIpc) is 3.21. The van der Waals surface area contributed by atoms with Crippen molar-refractivity contribution in [3.05, 3.63) is 46.5 Å². The van der Waals surface area contributed by atoms with E-state index in [9.17, 15) is 18.0 Å². The van der Waals surface area contributed by atoms with Crippen LogP contribution in [0, 0.1) is 0 Å². The van der Waals surface area contributed by atoms with Crippen molar-refractivity contribution >= 4 is 38.7 Å². The second-order valence-electron chi connectivity index (χ2n) is 5.94. The van der Waals surface area contributed by atoms with Crippen LogP contribution in [0.25, 0.3) is 38.7 Å². The third-order valence-electron chi connectivity index (χ3n) is 4.44. The maximum absolute atomic E-state index is 13.1. The molecule has 0 amide bonds. The Kier molecular flexibility index (Phi) is 2.63. The number of alkyl halides is 3. The summed E-state index contributed by atoms with van der Waals surface area (Å²) in [5.41, 5.74) is 0.514. The van der Waals surface area contributed by atoms with Crippen molar-refractivity contribution in [3.63, 3.8) is 0 Å². The van der Waals surface area contributed by atoms with Gasteiger partial charge in [-0.3, -0.25) is 14.3 Å². The van der Waals surface area contributed by atoms with Gasteiger partial charge in [0.1, 0.15) is 11.2 Å². The molecule has 0 fully saturated rings. The first-order chi connectivity index (χ1) is 12.4. The van der Waals surface area contributed by atoms with Gasteiger partial charge in [-0.1, -0.05) is 0 Å². The highest BCUT2D eigenvalue weighted by molar-refractivity contribution is 6.04. The lowest BCUT2D eigenvalue weighted by atomic mass is 10.2. The Morgan fingerprint density at radius 1 is 1.08 bits per heavy atom. The first-order valence-corrected chi connectivity index (χ1v) is 7.57. The summed E-state index contributed by atoms with van der Waals surface area (Å²) in [6.07, 6.45) is -3.03. The number of H-pyrrole nitrogens is 1. The van der Waals surface area contributed by atoms with Crippen LogP contribution >= 0.6 is 0 Å². The minimum Gasteiger partial charge on any atom is -0.306 e. The van der Waals surface area contributed by atoms with E-state index in [2.05, 4.69) is 20.2 Å². The number of fused-ring (bicyclic) bond motifs is 7. The fraction of sp³-hybridized carbons (Fsp3) is 0.125. The highest BCUT2D eigenvalue weighted by atomic mass is 19.4. The van der Waals surface area contributed by atoms with Crippen molar-refractivity contribution < 1.29 is 13.2 Å². The van der Waals surface area contributed by atoms with E-state index < -0.39 is 17.4 Å². The molecule has 0 unspecified atom stereocenters. The summed E-state index contributed by atoms with van der Waals surface area (Å²) in [4.78, 5) is 20.7. The number of hydrogen-bond donors (Lipinski definition) is 1. The second-order valence-corrected chi connectivity index (χ2v) is 5.94. The highest BCUT2D eigenvalue weighted by Crippen LogP contribution is 2.30. The van der Waals surface area contributed by atoms with Gasteiger partial charge in [0.15, 0.2) is 5.65 Å². The molecule has 0 aliphatic rings. The molecule has 0 aliphatic heterocycles. The predicted molar refractivity (Wildman–Crippen MR) is 87.9 cm³/mol. The minimum absolute atomic E-state index is 0.0135. The quantitative estimate of drug-likeness (QED) is 0.461. The molecular formula is C16H9F3N6O. The number of halogens is 3. The maximum Gasteiger partial charge on any atom is 0.433 e. The van der Waals surface area contributed by atoms with Crippen molar-refractivity contribution in [2.45, 2.75) is 6.18 Å². The van der Waals surface area contributed by atoms with Gasteiger partial charge in [0.25, 0.3) is 5.56 Å². The molecule has 1 N–H and O–H groups in total. The van der Waals surface area contributed by atoms with Crippen LogP contribution in [0.4, 0.5) is 13.2 Å². The molecule has 5 aromatic rings. The highest BCUT2D eigenvalue weighted by Gasteiger charge is 2.33. The molecule has 0 spiro atoms. The van der Waals surface area contributed by atoms with Crippen molar-refractivity contribution in [3.8, 4) is 0 Å². The van der Waals surface area contributed by atoms with Crippen molar-refractivity contribution in [2.75, 3.05) is 0 Å². The summed E-state index contributed by atoms with van der Waals surface area (Å²) < 4.78 is 42.0. The topological polar surface area (TPSA) is 80.9 Å². The van der Waals surface area contributed by atoms with Crippen molar-refractivity contribution in [1.29, 1.82) is 0 Å². The third-order valence-corrected chi connectivity index (χ3v) is 4.44. The lowest BCUT2D eigenvalue weighted by Crippen LogP contribution is -2.20. The number of nitrogens with one attached hydrogen (secondary N) is 1. The molecule has 0 atom stereocenters. The zero-order valence-electron chi connectivity index (χ0n) is 13.2. The van der Waals surface area contributed by atoms with Gasteiger partial charge < -0.3 is 4.57 Å². The van der Waals surface area contributed by atoms with E-state index in [4.69, 9.17) is 0 Å². The van der Waals surface area contributed by atoms with Gasteiger partial charge in [0.05, 0.1) is 22.7 Å². The number of nitrogens with zero attached hydrogens (tertiary/aromatic N) is 5. The molecule has 0 bridgehead atoms. The molecule has 5 rings (SSSR count). The zero-order valence-corrected chi connectivity index (χ0v) is 13.2. The van der Waals surface area contributed by atoms with Gasteiger partial charge >= 0.3 is 6.18 Å². The number of pyridine rings is 1. The molecule has 4 aromatic heterocycles. The van der Waals surface area contributed by atoms with Gasteiger partial charge in [-0.15, -0.1) is 0 Å². The Bertz CT molecular complexity index is 1410. The minimum atomic E-state index is -4.59. The molecule has 0 aliphatic carbocycles. The Hall–Kier alpha value is -3.43. The predicted octanol–water partition coefficient (Wildman–Crippen LogP) is 2.63. The maximum atomic E-state index is 13.1. The fourth-order valence-corrected chi connectivity index (χ4v) is 3.26. The number of aryl methyl sites for hydroxylation is 1. The van der Waals surface area contributed by atoms with Gasteiger partial charge in [-0.2, -0.15) is 18.3 Å². The van der Waals surface area contributed by atoms with E-state index in [0.29, 0.717) is 21.9 Å². The monoisotopic (exact) mass is 358 g/mol. The molecule has 4 heterocycles. The first-order valence-electron chi connectivity index (χ1n) is 7.57. The molecule has 10 heteroatoms.